The fourth-order valence-corrected chi connectivity index (χ4v) is 1.86. The largest absolute Gasteiger partial charge is 0.480 e. The van der Waals surface area contributed by atoms with Gasteiger partial charge in [0.15, 0.2) is 0 Å². The number of aliphatic carboxylic acids is 1. The van der Waals surface area contributed by atoms with Crippen LogP contribution in [0.5, 0.6) is 0 Å². The minimum absolute atomic E-state index is 0.00697. The molecule has 132 valence electrons. The molecule has 0 rings (SSSR count). The summed E-state index contributed by atoms with van der Waals surface area (Å²) in [5.74, 6) is -3.16. The van der Waals surface area contributed by atoms with Gasteiger partial charge in [-0.15, -0.1) is 0 Å². The van der Waals surface area contributed by atoms with Crippen molar-refractivity contribution in [3.05, 3.63) is 0 Å². The molecule has 0 bridgehead atoms. The van der Waals surface area contributed by atoms with E-state index in [0.717, 1.165) is 0 Å². The normalized spacial score (nSPS) is 15.7. The Labute approximate surface area is 144 Å². The standard InChI is InChI=1S/C12H22N4O5S2/c1-5(13)9(17)15-7(3-22)11(19)14-6(2)10(18)16-8(4-23)12(20)21/h5-8,22-23H,3-4,13H2,1-2H3,(H,14,19)(H,15,17)(H,16,18)(H,20,21). The van der Waals surface area contributed by atoms with Crippen LogP contribution in [0.15, 0.2) is 0 Å². The molecule has 0 aromatic carbocycles. The predicted molar refractivity (Wildman–Crippen MR) is 90.5 cm³/mol. The van der Waals surface area contributed by atoms with Crippen LogP contribution in [-0.4, -0.2) is 64.5 Å². The number of carbonyl (C=O) groups is 4. The zero-order chi connectivity index (χ0) is 18.2. The van der Waals surface area contributed by atoms with Crippen molar-refractivity contribution in [3.8, 4) is 0 Å². The third-order valence-electron chi connectivity index (χ3n) is 2.78. The van der Waals surface area contributed by atoms with Crippen LogP contribution in [-0.2, 0) is 19.2 Å². The average Bonchev–Trinajstić information content (AvgIpc) is 2.48. The summed E-state index contributed by atoms with van der Waals surface area (Å²) in [6.07, 6.45) is 0. The molecule has 0 spiro atoms. The molecule has 0 radical (unpaired) electrons. The molecule has 0 aromatic rings. The Kier molecular flexibility index (Phi) is 9.68. The molecule has 0 aliphatic rings. The number of thiol groups is 2. The summed E-state index contributed by atoms with van der Waals surface area (Å²) < 4.78 is 0. The molecule has 0 heterocycles. The van der Waals surface area contributed by atoms with Crippen molar-refractivity contribution in [1.29, 1.82) is 0 Å². The lowest BCUT2D eigenvalue weighted by Gasteiger charge is -2.21. The van der Waals surface area contributed by atoms with Crippen LogP contribution in [0.2, 0.25) is 0 Å². The molecule has 6 N–H and O–H groups in total. The number of carboxylic acid groups (broad SMARTS) is 1. The molecule has 0 aliphatic carbocycles. The first kappa shape index (κ1) is 21.5. The van der Waals surface area contributed by atoms with E-state index in [2.05, 4.69) is 41.2 Å². The maximum absolute atomic E-state index is 12.0. The SMILES string of the molecule is CC(N)C(=O)NC(CS)C(=O)NC(C)C(=O)NC(CS)C(=O)O. The lowest BCUT2D eigenvalue weighted by atomic mass is 10.2. The lowest BCUT2D eigenvalue weighted by molar-refractivity contribution is -0.141. The maximum Gasteiger partial charge on any atom is 0.327 e. The van der Waals surface area contributed by atoms with E-state index in [1.807, 2.05) is 0 Å². The monoisotopic (exact) mass is 366 g/mol. The Bertz CT molecular complexity index is 461. The highest BCUT2D eigenvalue weighted by molar-refractivity contribution is 7.80. The molecule has 9 nitrogen and oxygen atoms in total. The van der Waals surface area contributed by atoms with Gasteiger partial charge in [-0.2, -0.15) is 25.3 Å². The van der Waals surface area contributed by atoms with Crippen molar-refractivity contribution in [3.63, 3.8) is 0 Å². The van der Waals surface area contributed by atoms with Crippen molar-refractivity contribution >= 4 is 48.9 Å². The molecule has 4 atom stereocenters. The van der Waals surface area contributed by atoms with Gasteiger partial charge in [0, 0.05) is 11.5 Å². The molecule has 4 unspecified atom stereocenters. The Morgan fingerprint density at radius 3 is 1.78 bits per heavy atom. The highest BCUT2D eigenvalue weighted by Crippen LogP contribution is 1.95. The van der Waals surface area contributed by atoms with Crippen LogP contribution in [0.25, 0.3) is 0 Å². The topological polar surface area (TPSA) is 151 Å². The van der Waals surface area contributed by atoms with Crippen LogP contribution in [0.3, 0.4) is 0 Å². The molecular weight excluding hydrogens is 344 g/mol. The molecule has 23 heavy (non-hydrogen) atoms. The summed E-state index contributed by atoms with van der Waals surface area (Å²) in [6, 6.07) is -3.92. The number of nitrogens with two attached hydrogens (primary N) is 1. The summed E-state index contributed by atoms with van der Waals surface area (Å²) in [4.78, 5) is 46.2. The number of rotatable bonds is 9. The number of carboxylic acids is 1. The van der Waals surface area contributed by atoms with Crippen molar-refractivity contribution < 1.29 is 24.3 Å². The van der Waals surface area contributed by atoms with E-state index in [1.165, 1.54) is 13.8 Å². The third-order valence-corrected chi connectivity index (χ3v) is 3.51. The first-order chi connectivity index (χ1) is 10.6. The van der Waals surface area contributed by atoms with Crippen molar-refractivity contribution in [2.45, 2.75) is 38.0 Å². The van der Waals surface area contributed by atoms with Crippen LogP contribution >= 0.6 is 25.3 Å². The smallest absolute Gasteiger partial charge is 0.327 e. The molecule has 0 saturated carbocycles. The molecule has 11 heteroatoms. The fraction of sp³-hybridized carbons (Fsp3) is 0.667. The first-order valence-corrected chi connectivity index (χ1v) is 8.01. The highest BCUT2D eigenvalue weighted by Gasteiger charge is 2.26. The first-order valence-electron chi connectivity index (χ1n) is 6.75. The van der Waals surface area contributed by atoms with Gasteiger partial charge < -0.3 is 26.8 Å². The van der Waals surface area contributed by atoms with E-state index < -0.39 is 47.9 Å². The van der Waals surface area contributed by atoms with E-state index in [9.17, 15) is 19.2 Å². The molecule has 0 aliphatic heterocycles. The molecule has 0 saturated heterocycles. The number of carbonyl (C=O) groups excluding carboxylic acids is 3. The number of amides is 3. The Morgan fingerprint density at radius 2 is 1.39 bits per heavy atom. The van der Waals surface area contributed by atoms with Crippen molar-refractivity contribution in [2.24, 2.45) is 5.73 Å². The van der Waals surface area contributed by atoms with Gasteiger partial charge in [0.1, 0.15) is 18.1 Å². The minimum atomic E-state index is -1.23. The Balaban J connectivity index is 4.64. The van der Waals surface area contributed by atoms with Gasteiger partial charge in [0.05, 0.1) is 6.04 Å². The summed E-state index contributed by atoms with van der Waals surface area (Å²) in [6.45, 7) is 2.84. The van der Waals surface area contributed by atoms with Gasteiger partial charge in [-0.3, -0.25) is 14.4 Å². The van der Waals surface area contributed by atoms with E-state index in [0.29, 0.717) is 0 Å². The van der Waals surface area contributed by atoms with Gasteiger partial charge >= 0.3 is 5.97 Å². The van der Waals surface area contributed by atoms with Gasteiger partial charge in [0.2, 0.25) is 17.7 Å². The lowest BCUT2D eigenvalue weighted by Crippen LogP contribution is -2.56. The van der Waals surface area contributed by atoms with Gasteiger partial charge in [-0.25, -0.2) is 4.79 Å². The van der Waals surface area contributed by atoms with Crippen LogP contribution in [0.4, 0.5) is 0 Å². The van der Waals surface area contributed by atoms with Gasteiger partial charge in [-0.1, -0.05) is 0 Å². The number of hydrogen-bond acceptors (Lipinski definition) is 7. The summed E-state index contributed by atoms with van der Waals surface area (Å²) in [5, 5.41) is 15.8. The summed E-state index contributed by atoms with van der Waals surface area (Å²) in [5.41, 5.74) is 5.39. The maximum atomic E-state index is 12.0. The molecule has 0 fully saturated rings. The summed E-state index contributed by atoms with van der Waals surface area (Å²) in [7, 11) is 0. The average molecular weight is 366 g/mol. The van der Waals surface area contributed by atoms with Gasteiger partial charge in [0.25, 0.3) is 0 Å². The van der Waals surface area contributed by atoms with Crippen molar-refractivity contribution in [2.75, 3.05) is 11.5 Å². The second kappa shape index (κ2) is 10.3. The van der Waals surface area contributed by atoms with E-state index in [1.54, 1.807) is 0 Å². The molecular formula is C12H22N4O5S2. The van der Waals surface area contributed by atoms with Crippen LogP contribution in [0, 0.1) is 0 Å². The van der Waals surface area contributed by atoms with Crippen LogP contribution < -0.4 is 21.7 Å². The minimum Gasteiger partial charge on any atom is -0.480 e. The van der Waals surface area contributed by atoms with E-state index in [-0.39, 0.29) is 11.5 Å². The zero-order valence-corrected chi connectivity index (χ0v) is 14.6. The molecule has 3 amide bonds. The third kappa shape index (κ3) is 7.57. The zero-order valence-electron chi connectivity index (χ0n) is 12.8. The van der Waals surface area contributed by atoms with Crippen LogP contribution in [0.1, 0.15) is 13.8 Å². The van der Waals surface area contributed by atoms with Gasteiger partial charge in [-0.05, 0) is 13.8 Å². The predicted octanol–water partition coefficient (Wildman–Crippen LogP) is -2.25. The van der Waals surface area contributed by atoms with E-state index in [4.69, 9.17) is 10.8 Å². The highest BCUT2D eigenvalue weighted by atomic mass is 32.1. The summed E-state index contributed by atoms with van der Waals surface area (Å²) >= 11 is 7.78. The number of hydrogen-bond donors (Lipinski definition) is 7. The second-order valence-electron chi connectivity index (χ2n) is 4.84. The van der Waals surface area contributed by atoms with E-state index >= 15 is 0 Å². The number of nitrogens with one attached hydrogen (secondary N) is 3. The molecule has 0 aromatic heterocycles. The Hall–Kier alpha value is -1.46. The Morgan fingerprint density at radius 1 is 0.913 bits per heavy atom. The fourth-order valence-electron chi connectivity index (χ4n) is 1.36. The quantitative estimate of drug-likeness (QED) is 0.229. The second-order valence-corrected chi connectivity index (χ2v) is 5.57. The van der Waals surface area contributed by atoms with Crippen molar-refractivity contribution in [1.82, 2.24) is 16.0 Å².